The monoisotopic (exact) mass is 431 g/mol. The van der Waals surface area contributed by atoms with E-state index in [1.54, 1.807) is 16.8 Å². The van der Waals surface area contributed by atoms with Crippen LogP contribution >= 0.6 is 0 Å². The van der Waals surface area contributed by atoms with E-state index in [0.717, 1.165) is 0 Å². The van der Waals surface area contributed by atoms with Crippen molar-refractivity contribution in [3.8, 4) is 0 Å². The molecule has 8 heteroatoms. The topological polar surface area (TPSA) is 90.4 Å². The van der Waals surface area contributed by atoms with Crippen molar-refractivity contribution < 1.29 is 24.2 Å². The van der Waals surface area contributed by atoms with E-state index >= 15 is 0 Å². The molecule has 1 spiro atoms. The highest BCUT2D eigenvalue weighted by atomic mass is 16.5. The van der Waals surface area contributed by atoms with Gasteiger partial charge in [0.1, 0.15) is 11.6 Å². The number of amides is 3. The van der Waals surface area contributed by atoms with Gasteiger partial charge in [0, 0.05) is 32.2 Å². The Hall–Kier alpha value is -2.19. The van der Waals surface area contributed by atoms with Gasteiger partial charge in [-0.1, -0.05) is 31.2 Å². The van der Waals surface area contributed by atoms with Crippen LogP contribution in [0, 0.1) is 11.8 Å². The van der Waals surface area contributed by atoms with Crippen molar-refractivity contribution in [1.29, 1.82) is 0 Å². The van der Waals surface area contributed by atoms with E-state index in [1.165, 1.54) is 4.90 Å². The van der Waals surface area contributed by atoms with Gasteiger partial charge in [-0.25, -0.2) is 0 Å². The van der Waals surface area contributed by atoms with Crippen LogP contribution in [0.4, 0.5) is 0 Å². The van der Waals surface area contributed by atoms with Gasteiger partial charge in [-0.05, 0) is 27.2 Å². The summed E-state index contributed by atoms with van der Waals surface area (Å²) in [5.74, 6) is -2.20. The Morgan fingerprint density at radius 2 is 1.74 bits per heavy atom. The maximum absolute atomic E-state index is 13.9. The van der Waals surface area contributed by atoms with E-state index in [1.807, 2.05) is 52.0 Å². The van der Waals surface area contributed by atoms with Crippen molar-refractivity contribution in [2.24, 2.45) is 11.8 Å². The number of fused-ring (bicyclic) bond motifs is 2. The van der Waals surface area contributed by atoms with E-state index in [2.05, 4.69) is 0 Å². The fourth-order valence-electron chi connectivity index (χ4n) is 5.83. The number of carbonyl (C=O) groups excluding carboxylic acids is 3. The summed E-state index contributed by atoms with van der Waals surface area (Å²) < 4.78 is 6.76. The van der Waals surface area contributed by atoms with Gasteiger partial charge in [-0.15, -0.1) is 0 Å². The molecule has 2 fully saturated rings. The molecule has 0 aromatic carbocycles. The number of β-amino-alcohol motifs (C(OH)–C–C–N with tert-alkyl or cyclic N) is 1. The zero-order valence-electron chi connectivity index (χ0n) is 19.0. The molecule has 4 aliphatic heterocycles. The maximum Gasteiger partial charge on any atom is 0.249 e. The highest BCUT2D eigenvalue weighted by Crippen LogP contribution is 2.58. The second-order valence-electron chi connectivity index (χ2n) is 10.0. The van der Waals surface area contributed by atoms with Gasteiger partial charge < -0.3 is 24.5 Å². The van der Waals surface area contributed by atoms with Crippen molar-refractivity contribution >= 4 is 17.7 Å². The summed E-state index contributed by atoms with van der Waals surface area (Å²) in [6, 6.07) is -0.919. The van der Waals surface area contributed by atoms with Crippen LogP contribution in [0.25, 0.3) is 0 Å². The van der Waals surface area contributed by atoms with Crippen molar-refractivity contribution in [3.63, 3.8) is 0 Å². The van der Waals surface area contributed by atoms with Gasteiger partial charge in [0.25, 0.3) is 0 Å². The van der Waals surface area contributed by atoms with Crippen LogP contribution in [0.15, 0.2) is 24.3 Å². The third kappa shape index (κ3) is 2.91. The summed E-state index contributed by atoms with van der Waals surface area (Å²) in [4.78, 5) is 45.9. The molecule has 3 amide bonds. The van der Waals surface area contributed by atoms with Crippen LogP contribution in [-0.4, -0.2) is 93.6 Å². The molecule has 4 aliphatic rings. The normalized spacial score (nSPS) is 37.7. The van der Waals surface area contributed by atoms with Crippen molar-refractivity contribution in [2.75, 3.05) is 33.3 Å². The lowest BCUT2D eigenvalue weighted by atomic mass is 9.73. The first-order valence-corrected chi connectivity index (χ1v) is 11.1. The number of likely N-dealkylation sites (N-methyl/N-ethyl adjacent to an activating group) is 1. The minimum atomic E-state index is -1.25. The van der Waals surface area contributed by atoms with Gasteiger partial charge >= 0.3 is 0 Å². The van der Waals surface area contributed by atoms with Gasteiger partial charge in [0.2, 0.25) is 17.7 Å². The fourth-order valence-corrected chi connectivity index (χ4v) is 5.83. The molecule has 0 aromatic heterocycles. The molecule has 0 aliphatic carbocycles. The highest BCUT2D eigenvalue weighted by molar-refractivity contribution is 6.00. The van der Waals surface area contributed by atoms with Crippen molar-refractivity contribution in [1.82, 2.24) is 14.7 Å². The van der Waals surface area contributed by atoms with E-state index < -0.39 is 34.6 Å². The number of likely N-dealkylation sites (tertiary alicyclic amines) is 1. The maximum atomic E-state index is 13.9. The second-order valence-corrected chi connectivity index (χ2v) is 10.0. The van der Waals surface area contributed by atoms with E-state index in [0.29, 0.717) is 19.5 Å². The van der Waals surface area contributed by atoms with Gasteiger partial charge in [0.05, 0.1) is 24.0 Å². The molecule has 1 unspecified atom stereocenters. The van der Waals surface area contributed by atoms with E-state index in [-0.39, 0.29) is 30.9 Å². The van der Waals surface area contributed by atoms with Crippen LogP contribution in [0.2, 0.25) is 0 Å². The van der Waals surface area contributed by atoms with Crippen molar-refractivity contribution in [3.05, 3.63) is 24.3 Å². The Morgan fingerprint density at radius 1 is 1.06 bits per heavy atom. The molecule has 2 saturated heterocycles. The Labute approximate surface area is 183 Å². The molecule has 31 heavy (non-hydrogen) atoms. The number of nitrogens with zero attached hydrogens (tertiary/aromatic N) is 3. The van der Waals surface area contributed by atoms with Crippen LogP contribution in [0.5, 0.6) is 0 Å². The van der Waals surface area contributed by atoms with E-state index in [9.17, 15) is 19.5 Å². The lowest BCUT2D eigenvalue weighted by molar-refractivity contribution is -0.156. The summed E-state index contributed by atoms with van der Waals surface area (Å²) in [7, 11) is 1.72. The molecule has 0 radical (unpaired) electrons. The summed E-state index contributed by atoms with van der Waals surface area (Å²) in [6.07, 6.45) is 8.06. The van der Waals surface area contributed by atoms with Crippen LogP contribution < -0.4 is 0 Å². The number of aliphatic hydroxyl groups excluding tert-OH is 1. The van der Waals surface area contributed by atoms with Crippen LogP contribution in [0.1, 0.15) is 34.1 Å². The third-order valence-electron chi connectivity index (χ3n) is 7.29. The van der Waals surface area contributed by atoms with E-state index in [4.69, 9.17) is 4.74 Å². The third-order valence-corrected chi connectivity index (χ3v) is 7.29. The SMILES string of the molecule is CC[C@@]12C=CCN(C)C(=O)[C@@H]1[C@H]1C(=O)N(CCO)C3C(=O)N(C(C)(C)C)CC=C[C@@]31O2. The second kappa shape index (κ2) is 7.17. The smallest absolute Gasteiger partial charge is 0.249 e. The average Bonchev–Trinajstić information content (AvgIpc) is 2.98. The Morgan fingerprint density at radius 3 is 2.35 bits per heavy atom. The minimum Gasteiger partial charge on any atom is -0.395 e. The molecule has 0 bridgehead atoms. The largest absolute Gasteiger partial charge is 0.395 e. The van der Waals surface area contributed by atoms with Gasteiger partial charge in [0.15, 0.2) is 0 Å². The highest BCUT2D eigenvalue weighted by Gasteiger charge is 2.75. The molecular formula is C23H33N3O5. The summed E-state index contributed by atoms with van der Waals surface area (Å²) >= 11 is 0. The van der Waals surface area contributed by atoms with Crippen LogP contribution in [0.3, 0.4) is 0 Å². The predicted molar refractivity (Wildman–Crippen MR) is 114 cm³/mol. The molecule has 1 N–H and O–H groups in total. The zero-order chi connectivity index (χ0) is 22.8. The Balaban J connectivity index is 1.92. The van der Waals surface area contributed by atoms with Gasteiger partial charge in [-0.3, -0.25) is 14.4 Å². The van der Waals surface area contributed by atoms with Crippen LogP contribution in [-0.2, 0) is 19.1 Å². The first-order chi connectivity index (χ1) is 14.5. The first kappa shape index (κ1) is 22.0. The zero-order valence-corrected chi connectivity index (χ0v) is 19.0. The lowest BCUT2D eigenvalue weighted by Gasteiger charge is -2.41. The van der Waals surface area contributed by atoms with Gasteiger partial charge in [-0.2, -0.15) is 0 Å². The molecular weight excluding hydrogens is 398 g/mol. The predicted octanol–water partition coefficient (Wildman–Crippen LogP) is 0.565. The molecule has 0 saturated carbocycles. The fraction of sp³-hybridized carbons (Fsp3) is 0.696. The summed E-state index contributed by atoms with van der Waals surface area (Å²) in [5, 5.41) is 9.68. The number of aliphatic hydroxyl groups is 1. The molecule has 170 valence electrons. The number of ether oxygens (including phenoxy) is 1. The standard InChI is InChI=1S/C23H33N3O5/c1-6-22-9-7-11-24(5)18(28)15(22)16-19(29)25(13-14-27)17-20(30)26(21(2,3)4)12-8-10-23(16,17)31-22/h7-10,15-17,27H,6,11-14H2,1-5H3/t15-,16-,17?,22+,23-/m0/s1. The number of hydrogen-bond donors (Lipinski definition) is 1. The minimum absolute atomic E-state index is 0.0222. The molecule has 0 aromatic rings. The first-order valence-electron chi connectivity index (χ1n) is 11.1. The number of hydrogen-bond acceptors (Lipinski definition) is 5. The quantitative estimate of drug-likeness (QED) is 0.660. The molecule has 5 atom stereocenters. The summed E-state index contributed by atoms with van der Waals surface area (Å²) in [6.45, 7) is 8.41. The average molecular weight is 432 g/mol. The lowest BCUT2D eigenvalue weighted by Crippen LogP contribution is -2.59. The molecule has 4 heterocycles. The Kier molecular flexibility index (Phi) is 5.09. The van der Waals surface area contributed by atoms with Crippen molar-refractivity contribution in [2.45, 2.75) is 56.9 Å². The summed E-state index contributed by atoms with van der Waals surface area (Å²) in [5.41, 5.74) is -2.66. The number of rotatable bonds is 3. The Bertz CT molecular complexity index is 862. The number of carbonyl (C=O) groups is 3. The molecule has 4 rings (SSSR count). The molecule has 8 nitrogen and oxygen atoms in total.